The van der Waals surface area contributed by atoms with Gasteiger partial charge in [-0.3, -0.25) is 0 Å². The molecule has 0 aromatic heterocycles. The van der Waals surface area contributed by atoms with E-state index in [0.717, 1.165) is 11.1 Å². The fourth-order valence-corrected chi connectivity index (χ4v) is 5.95. The fraction of sp³-hybridized carbons (Fsp3) is 0.300. The first-order valence-electron chi connectivity index (χ1n) is 8.55. The maximum absolute atomic E-state index is 13.2. The minimum atomic E-state index is -4.28. The molecule has 27 heavy (non-hydrogen) atoms. The molecule has 5 nitrogen and oxygen atoms in total. The monoisotopic (exact) mass is 407 g/mol. The second kappa shape index (κ2) is 7.96. The van der Waals surface area contributed by atoms with E-state index >= 15 is 0 Å². The highest BCUT2D eigenvalue weighted by Crippen LogP contribution is 2.27. The van der Waals surface area contributed by atoms with E-state index in [1.165, 1.54) is 24.3 Å². The lowest BCUT2D eigenvalue weighted by atomic mass is 10.1. The van der Waals surface area contributed by atoms with E-state index in [4.69, 9.17) is 0 Å². The van der Waals surface area contributed by atoms with Crippen molar-refractivity contribution in [3.8, 4) is 0 Å². The van der Waals surface area contributed by atoms with Gasteiger partial charge in [0.15, 0.2) is 0 Å². The molecule has 0 spiro atoms. The minimum Gasteiger partial charge on any atom is -0.206 e. The van der Waals surface area contributed by atoms with Crippen molar-refractivity contribution in [2.45, 2.75) is 37.5 Å². The van der Waals surface area contributed by atoms with Crippen molar-refractivity contribution < 1.29 is 16.8 Å². The molecule has 2 rings (SSSR count). The van der Waals surface area contributed by atoms with Gasteiger partial charge in [-0.25, -0.2) is 16.8 Å². The summed E-state index contributed by atoms with van der Waals surface area (Å²) in [6.45, 7) is 10.9. The summed E-state index contributed by atoms with van der Waals surface area (Å²) in [5, 5.41) is 0. The van der Waals surface area contributed by atoms with E-state index in [-0.39, 0.29) is 22.3 Å². The summed E-state index contributed by atoms with van der Waals surface area (Å²) in [5.74, 6) is -0.0612. The van der Waals surface area contributed by atoms with Crippen LogP contribution in [-0.2, 0) is 20.0 Å². The van der Waals surface area contributed by atoms with E-state index in [9.17, 15) is 16.8 Å². The van der Waals surface area contributed by atoms with Gasteiger partial charge in [-0.15, -0.1) is 0 Å². The molecule has 2 aromatic carbocycles. The summed E-state index contributed by atoms with van der Waals surface area (Å²) in [6, 6.07) is 12.2. The van der Waals surface area contributed by atoms with Crippen molar-refractivity contribution in [3.63, 3.8) is 0 Å². The highest BCUT2D eigenvalue weighted by atomic mass is 32.3. The number of benzene rings is 2. The second-order valence-corrected chi connectivity index (χ2v) is 10.8. The average Bonchev–Trinajstić information content (AvgIpc) is 2.59. The molecule has 0 bridgehead atoms. The van der Waals surface area contributed by atoms with E-state index in [0.29, 0.717) is 9.28 Å². The summed E-state index contributed by atoms with van der Waals surface area (Å²) in [5.41, 5.74) is 2.28. The van der Waals surface area contributed by atoms with Gasteiger partial charge < -0.3 is 0 Å². The highest BCUT2D eigenvalue weighted by molar-refractivity contribution is 8.04. The maximum atomic E-state index is 13.2. The molecule has 0 saturated heterocycles. The molecule has 0 amide bonds. The summed E-state index contributed by atoms with van der Waals surface area (Å²) < 4.78 is 53.3. The van der Waals surface area contributed by atoms with Crippen molar-refractivity contribution in [1.82, 2.24) is 3.71 Å². The molecule has 0 aliphatic heterocycles. The number of nitrogens with zero attached hydrogens (tertiary/aromatic N) is 1. The van der Waals surface area contributed by atoms with Gasteiger partial charge in [-0.05, 0) is 44.0 Å². The van der Waals surface area contributed by atoms with Gasteiger partial charge in [0.05, 0.1) is 16.3 Å². The van der Waals surface area contributed by atoms with Gasteiger partial charge in [0, 0.05) is 0 Å². The molecule has 0 aliphatic carbocycles. The number of rotatable bonds is 7. The number of sulfonamides is 2. The number of hydrogen-bond donors (Lipinski definition) is 0. The third-order valence-electron chi connectivity index (χ3n) is 4.32. The van der Waals surface area contributed by atoms with Gasteiger partial charge in [0.25, 0.3) is 20.0 Å². The van der Waals surface area contributed by atoms with Crippen LogP contribution in [-0.4, -0.2) is 27.1 Å². The summed E-state index contributed by atoms with van der Waals surface area (Å²) >= 11 is 0. The van der Waals surface area contributed by atoms with Crippen LogP contribution in [0.1, 0.15) is 25.0 Å². The van der Waals surface area contributed by atoms with Gasteiger partial charge >= 0.3 is 0 Å². The summed E-state index contributed by atoms with van der Waals surface area (Å²) in [4.78, 5) is -0.138. The zero-order valence-corrected chi connectivity index (χ0v) is 17.6. The van der Waals surface area contributed by atoms with Crippen molar-refractivity contribution in [3.05, 3.63) is 71.8 Å². The largest absolute Gasteiger partial charge is 0.256 e. The van der Waals surface area contributed by atoms with E-state index in [1.54, 1.807) is 24.3 Å². The van der Waals surface area contributed by atoms with E-state index < -0.39 is 20.0 Å². The predicted octanol–water partition coefficient (Wildman–Crippen LogP) is 3.90. The third-order valence-corrected chi connectivity index (χ3v) is 8.57. The SMILES string of the molecule is C=C(CN(S(=O)(=O)c1ccc(C)cc1)S(=O)(=O)c1ccc(C)cc1)C(C)C. The van der Waals surface area contributed by atoms with Gasteiger partial charge in [-0.2, -0.15) is 0 Å². The van der Waals surface area contributed by atoms with Crippen molar-refractivity contribution >= 4 is 20.0 Å². The van der Waals surface area contributed by atoms with Crippen LogP contribution >= 0.6 is 0 Å². The lowest BCUT2D eigenvalue weighted by Gasteiger charge is -2.24. The van der Waals surface area contributed by atoms with Gasteiger partial charge in [0.2, 0.25) is 0 Å². The first kappa shape index (κ1) is 21.3. The topological polar surface area (TPSA) is 71.5 Å². The van der Waals surface area contributed by atoms with Crippen molar-refractivity contribution in [2.75, 3.05) is 6.54 Å². The molecule has 0 atom stereocenters. The molecule has 0 N–H and O–H groups in total. The van der Waals surface area contributed by atoms with Crippen LogP contribution in [0.25, 0.3) is 0 Å². The Labute approximate surface area is 162 Å². The standard InChI is InChI=1S/C20H25NO4S2/c1-15(2)18(5)14-21(26(22,23)19-10-6-16(3)7-11-19)27(24,25)20-12-8-17(4)9-13-20/h6-13,15H,5,14H2,1-4H3. The van der Waals surface area contributed by atoms with E-state index in [2.05, 4.69) is 6.58 Å². The summed E-state index contributed by atoms with van der Waals surface area (Å²) in [6.07, 6.45) is 0. The maximum Gasteiger partial charge on any atom is 0.256 e. The van der Waals surface area contributed by atoms with Crippen LogP contribution in [0, 0.1) is 19.8 Å². The first-order valence-corrected chi connectivity index (χ1v) is 11.4. The predicted molar refractivity (Wildman–Crippen MR) is 107 cm³/mol. The van der Waals surface area contributed by atoms with Crippen LogP contribution in [0.15, 0.2) is 70.5 Å². The smallest absolute Gasteiger partial charge is 0.206 e. The van der Waals surface area contributed by atoms with Crippen LogP contribution in [0.4, 0.5) is 0 Å². The number of aryl methyl sites for hydroxylation is 2. The normalized spacial score (nSPS) is 12.5. The summed E-state index contributed by atoms with van der Waals surface area (Å²) in [7, 11) is -8.56. The molecule has 2 aromatic rings. The molecule has 0 unspecified atom stereocenters. The third kappa shape index (κ3) is 4.66. The molecule has 146 valence electrons. The quantitative estimate of drug-likeness (QED) is 0.653. The zero-order valence-electron chi connectivity index (χ0n) is 16.0. The minimum absolute atomic E-state index is 0.0612. The van der Waals surface area contributed by atoms with E-state index in [1.807, 2.05) is 27.7 Å². The Morgan fingerprint density at radius 1 is 0.815 bits per heavy atom. The van der Waals surface area contributed by atoms with Crippen LogP contribution in [0.5, 0.6) is 0 Å². The zero-order chi connectivity index (χ0) is 20.4. The Bertz CT molecular complexity index is 945. The molecular formula is C20H25NO4S2. The Hall–Kier alpha value is -1.96. The Balaban J connectivity index is 2.62. The lowest BCUT2D eigenvalue weighted by Crippen LogP contribution is -2.38. The molecular weight excluding hydrogens is 382 g/mol. The second-order valence-electron chi connectivity index (χ2n) is 6.88. The van der Waals surface area contributed by atoms with Crippen LogP contribution in [0.2, 0.25) is 0 Å². The first-order chi connectivity index (χ1) is 12.5. The Morgan fingerprint density at radius 3 is 1.44 bits per heavy atom. The van der Waals surface area contributed by atoms with Crippen molar-refractivity contribution in [1.29, 1.82) is 0 Å². The molecule has 0 saturated carbocycles. The van der Waals surface area contributed by atoms with Gasteiger partial charge in [-0.1, -0.05) is 65.1 Å². The Morgan fingerprint density at radius 2 is 1.15 bits per heavy atom. The lowest BCUT2D eigenvalue weighted by molar-refractivity contribution is 0.502. The average molecular weight is 408 g/mol. The van der Waals surface area contributed by atoms with Gasteiger partial charge in [0.1, 0.15) is 0 Å². The number of hydrogen-bond acceptors (Lipinski definition) is 4. The molecule has 7 heteroatoms. The molecule has 0 aliphatic rings. The van der Waals surface area contributed by atoms with Crippen molar-refractivity contribution in [2.24, 2.45) is 5.92 Å². The molecule has 0 radical (unpaired) electrons. The Kier molecular flexibility index (Phi) is 6.29. The highest BCUT2D eigenvalue weighted by Gasteiger charge is 2.37. The van der Waals surface area contributed by atoms with Crippen LogP contribution in [0.3, 0.4) is 0 Å². The molecule has 0 fully saturated rings. The molecule has 0 heterocycles. The fourth-order valence-electron chi connectivity index (χ4n) is 2.30. The van der Waals surface area contributed by atoms with Crippen LogP contribution < -0.4 is 0 Å².